The van der Waals surface area contributed by atoms with Crippen molar-refractivity contribution >= 4 is 17.9 Å². The van der Waals surface area contributed by atoms with Crippen LogP contribution in [-0.2, 0) is 28.6 Å². The van der Waals surface area contributed by atoms with Gasteiger partial charge < -0.3 is 14.2 Å². The van der Waals surface area contributed by atoms with Gasteiger partial charge in [0.2, 0.25) is 0 Å². The summed E-state index contributed by atoms with van der Waals surface area (Å²) in [5.41, 5.74) is 0. The molecule has 67 heavy (non-hydrogen) atoms. The molecule has 0 aromatic rings. The van der Waals surface area contributed by atoms with E-state index in [9.17, 15) is 14.4 Å². The summed E-state index contributed by atoms with van der Waals surface area (Å²) in [6.45, 7) is 6.50. The zero-order chi connectivity index (χ0) is 48.6. The summed E-state index contributed by atoms with van der Waals surface area (Å²) in [5.74, 6) is -0.923. The minimum absolute atomic E-state index is 0.0900. The molecule has 6 nitrogen and oxygen atoms in total. The van der Waals surface area contributed by atoms with Crippen LogP contribution < -0.4 is 0 Å². The maximum Gasteiger partial charge on any atom is 0.306 e. The van der Waals surface area contributed by atoms with Gasteiger partial charge in [-0.25, -0.2) is 0 Å². The molecule has 386 valence electrons. The minimum atomic E-state index is -0.791. The van der Waals surface area contributed by atoms with Gasteiger partial charge in [0.05, 0.1) is 0 Å². The quantitative estimate of drug-likeness (QED) is 0.0262. The number of esters is 3. The first-order valence-electron chi connectivity index (χ1n) is 28.4. The lowest BCUT2D eigenvalue weighted by Crippen LogP contribution is -2.30. The Morgan fingerprint density at radius 3 is 0.925 bits per heavy atom. The SMILES string of the molecule is CC/C=C\C/C=C\C/C=C\CCCCCC(=O)OCC(COC(=O)CCCCCCCC/C=C\C/C=C\C/C=C\CCCCCCC)OC(=O)CCCCCCCCCCCCCCCCC. The van der Waals surface area contributed by atoms with E-state index in [0.717, 1.165) is 103 Å². The number of allylic oxidation sites excluding steroid dienone is 12. The monoisotopic (exact) mass is 935 g/mol. The molecule has 0 aromatic carbocycles. The van der Waals surface area contributed by atoms with E-state index in [2.05, 4.69) is 93.7 Å². The highest BCUT2D eigenvalue weighted by atomic mass is 16.6. The van der Waals surface area contributed by atoms with Crippen LogP contribution >= 0.6 is 0 Å². The molecule has 0 spiro atoms. The molecule has 0 amide bonds. The number of ether oxygens (including phenoxy) is 3. The van der Waals surface area contributed by atoms with Gasteiger partial charge in [-0.3, -0.25) is 14.4 Å². The Kier molecular flexibility index (Phi) is 52.8. The molecule has 0 saturated heterocycles. The van der Waals surface area contributed by atoms with Crippen LogP contribution in [-0.4, -0.2) is 37.2 Å². The van der Waals surface area contributed by atoms with Crippen molar-refractivity contribution in [1.82, 2.24) is 0 Å². The molecule has 1 unspecified atom stereocenters. The molecule has 0 aliphatic heterocycles. The van der Waals surface area contributed by atoms with Crippen LogP contribution in [0.3, 0.4) is 0 Å². The van der Waals surface area contributed by atoms with Crippen molar-refractivity contribution in [1.29, 1.82) is 0 Å². The molecule has 0 N–H and O–H groups in total. The minimum Gasteiger partial charge on any atom is -0.462 e. The summed E-state index contributed by atoms with van der Waals surface area (Å²) in [6, 6.07) is 0. The van der Waals surface area contributed by atoms with Crippen molar-refractivity contribution < 1.29 is 28.6 Å². The summed E-state index contributed by atoms with van der Waals surface area (Å²) in [7, 11) is 0. The van der Waals surface area contributed by atoms with Gasteiger partial charge in [-0.2, -0.15) is 0 Å². The van der Waals surface area contributed by atoms with E-state index in [1.165, 1.54) is 135 Å². The highest BCUT2D eigenvalue weighted by Gasteiger charge is 2.19. The molecule has 0 radical (unpaired) electrons. The Morgan fingerprint density at radius 2 is 0.582 bits per heavy atom. The van der Waals surface area contributed by atoms with Gasteiger partial charge in [-0.15, -0.1) is 0 Å². The third-order valence-electron chi connectivity index (χ3n) is 12.2. The summed E-state index contributed by atoms with van der Waals surface area (Å²) in [5, 5.41) is 0. The molecule has 0 rings (SSSR count). The maximum atomic E-state index is 12.8. The standard InChI is InChI=1S/C61H106O6/c1-4-7-10-13-16-19-22-25-27-28-29-30-31-32-34-36-39-42-45-48-51-54-60(63)66-57-58(56-65-59(62)53-50-47-44-41-38-35-24-21-18-15-12-9-6-3)67-61(64)55-52-49-46-43-40-37-33-26-23-20-17-14-11-8-5-2/h9,12,18,21-22,25,28-29,31-32,35,38,58H,4-8,10-11,13-17,19-20,23-24,26-27,30,33-34,36-37,39-57H2,1-3H3/b12-9-,21-18-,25-22-,29-28-,32-31-,38-35-. The third kappa shape index (κ3) is 53.7. The Labute approximate surface area is 414 Å². The number of hydrogen-bond donors (Lipinski definition) is 0. The van der Waals surface area contributed by atoms with Crippen molar-refractivity contribution in [2.45, 2.75) is 284 Å². The fourth-order valence-electron chi connectivity index (χ4n) is 7.93. The van der Waals surface area contributed by atoms with E-state index < -0.39 is 6.10 Å². The molecular weight excluding hydrogens is 829 g/mol. The van der Waals surface area contributed by atoms with Crippen molar-refractivity contribution in [3.63, 3.8) is 0 Å². The molecule has 0 aliphatic rings. The average Bonchev–Trinajstić information content (AvgIpc) is 3.33. The maximum absolute atomic E-state index is 12.8. The summed E-state index contributed by atoms with van der Waals surface area (Å²) < 4.78 is 16.8. The fourth-order valence-corrected chi connectivity index (χ4v) is 7.93. The lowest BCUT2D eigenvalue weighted by molar-refractivity contribution is -0.167. The van der Waals surface area contributed by atoms with E-state index in [-0.39, 0.29) is 31.1 Å². The van der Waals surface area contributed by atoms with Gasteiger partial charge in [-0.05, 0) is 89.9 Å². The molecule has 0 fully saturated rings. The zero-order valence-corrected chi connectivity index (χ0v) is 44.2. The molecule has 0 bridgehead atoms. The predicted octanol–water partition coefficient (Wildman–Crippen LogP) is 19.0. The smallest absolute Gasteiger partial charge is 0.306 e. The van der Waals surface area contributed by atoms with E-state index >= 15 is 0 Å². The number of carbonyl (C=O) groups is 3. The van der Waals surface area contributed by atoms with E-state index in [1.807, 2.05) is 0 Å². The lowest BCUT2D eigenvalue weighted by Gasteiger charge is -2.18. The number of carbonyl (C=O) groups excluding carboxylic acids is 3. The Bertz CT molecular complexity index is 1260. The first-order valence-corrected chi connectivity index (χ1v) is 28.4. The first kappa shape index (κ1) is 63.8. The number of hydrogen-bond acceptors (Lipinski definition) is 6. The van der Waals surface area contributed by atoms with Crippen LogP contribution in [0.1, 0.15) is 278 Å². The van der Waals surface area contributed by atoms with Crippen molar-refractivity contribution in [2.24, 2.45) is 0 Å². The number of rotatable bonds is 51. The van der Waals surface area contributed by atoms with Crippen molar-refractivity contribution in [3.8, 4) is 0 Å². The van der Waals surface area contributed by atoms with Crippen LogP contribution in [0.5, 0.6) is 0 Å². The second-order valence-corrected chi connectivity index (χ2v) is 18.8. The van der Waals surface area contributed by atoms with Gasteiger partial charge >= 0.3 is 17.9 Å². The summed E-state index contributed by atoms with van der Waals surface area (Å²) in [6.07, 6.45) is 70.3. The van der Waals surface area contributed by atoms with Crippen LogP contribution in [0.25, 0.3) is 0 Å². The third-order valence-corrected chi connectivity index (χ3v) is 12.2. The second-order valence-electron chi connectivity index (χ2n) is 18.8. The summed E-state index contributed by atoms with van der Waals surface area (Å²) in [4.78, 5) is 38.1. The van der Waals surface area contributed by atoms with Crippen LogP contribution in [0.4, 0.5) is 0 Å². The molecule has 0 aromatic heterocycles. The molecule has 1 atom stereocenters. The van der Waals surface area contributed by atoms with E-state index in [4.69, 9.17) is 14.2 Å². The normalized spacial score (nSPS) is 12.6. The average molecular weight is 936 g/mol. The Balaban J connectivity index is 4.39. The summed E-state index contributed by atoms with van der Waals surface area (Å²) >= 11 is 0. The van der Waals surface area contributed by atoms with Gasteiger partial charge in [0, 0.05) is 19.3 Å². The van der Waals surface area contributed by atoms with Gasteiger partial charge in [0.1, 0.15) is 13.2 Å². The molecule has 0 saturated carbocycles. The Morgan fingerprint density at radius 1 is 0.313 bits per heavy atom. The van der Waals surface area contributed by atoms with Gasteiger partial charge in [0.15, 0.2) is 6.10 Å². The molecule has 6 heteroatoms. The van der Waals surface area contributed by atoms with Crippen molar-refractivity contribution in [3.05, 3.63) is 72.9 Å². The van der Waals surface area contributed by atoms with Crippen LogP contribution in [0.15, 0.2) is 72.9 Å². The predicted molar refractivity (Wildman–Crippen MR) is 288 cm³/mol. The van der Waals surface area contributed by atoms with Crippen LogP contribution in [0, 0.1) is 0 Å². The topological polar surface area (TPSA) is 78.9 Å². The second kappa shape index (κ2) is 55.4. The molecule has 0 aliphatic carbocycles. The van der Waals surface area contributed by atoms with E-state index in [0.29, 0.717) is 19.3 Å². The van der Waals surface area contributed by atoms with E-state index in [1.54, 1.807) is 0 Å². The van der Waals surface area contributed by atoms with Crippen LogP contribution in [0.2, 0.25) is 0 Å². The molecule has 0 heterocycles. The lowest BCUT2D eigenvalue weighted by atomic mass is 10.0. The largest absolute Gasteiger partial charge is 0.462 e. The van der Waals surface area contributed by atoms with Gasteiger partial charge in [-0.1, -0.05) is 241 Å². The highest BCUT2D eigenvalue weighted by molar-refractivity contribution is 5.71. The molecular formula is C61H106O6. The van der Waals surface area contributed by atoms with Gasteiger partial charge in [0.25, 0.3) is 0 Å². The zero-order valence-electron chi connectivity index (χ0n) is 44.2. The fraction of sp³-hybridized carbons (Fsp3) is 0.754. The number of unbranched alkanes of at least 4 members (excludes halogenated alkanes) is 28. The Hall–Kier alpha value is -3.15. The highest BCUT2D eigenvalue weighted by Crippen LogP contribution is 2.15. The van der Waals surface area contributed by atoms with Crippen molar-refractivity contribution in [2.75, 3.05) is 13.2 Å². The first-order chi connectivity index (χ1) is 33.0.